The van der Waals surface area contributed by atoms with Crippen LogP contribution in [-0.4, -0.2) is 22.9 Å². The van der Waals surface area contributed by atoms with Crippen LogP contribution in [0.2, 0.25) is 0 Å². The zero-order chi connectivity index (χ0) is 14.4. The fourth-order valence-electron chi connectivity index (χ4n) is 3.20. The molecule has 1 aromatic carbocycles. The van der Waals surface area contributed by atoms with Gasteiger partial charge in [0.05, 0.1) is 6.04 Å². The predicted molar refractivity (Wildman–Crippen MR) is 80.3 cm³/mol. The van der Waals surface area contributed by atoms with Gasteiger partial charge in [-0.2, -0.15) is 0 Å². The van der Waals surface area contributed by atoms with Crippen LogP contribution in [0.25, 0.3) is 0 Å². The molecule has 1 heterocycles. The smallest absolute Gasteiger partial charge is 0.241 e. The van der Waals surface area contributed by atoms with E-state index >= 15 is 0 Å². The Balaban J connectivity index is 1.96. The topological polar surface area (TPSA) is 32.3 Å². The second-order valence-electron chi connectivity index (χ2n) is 6.63. The number of carbonyl (C=O) groups is 1. The molecule has 0 radical (unpaired) electrons. The van der Waals surface area contributed by atoms with Gasteiger partial charge in [-0.15, -0.1) is 0 Å². The van der Waals surface area contributed by atoms with Crippen molar-refractivity contribution in [2.75, 3.05) is 0 Å². The Labute approximate surface area is 121 Å². The minimum atomic E-state index is -0.0405. The molecule has 3 rings (SSSR count). The summed E-state index contributed by atoms with van der Waals surface area (Å²) in [5, 5.41) is 3.56. The molecule has 0 bridgehead atoms. The van der Waals surface area contributed by atoms with E-state index in [1.54, 1.807) is 0 Å². The molecule has 1 aliphatic heterocycles. The summed E-state index contributed by atoms with van der Waals surface area (Å²) in [5.41, 5.74) is 3.79. The first kappa shape index (κ1) is 13.6. The number of hydrogen-bond acceptors (Lipinski definition) is 2. The van der Waals surface area contributed by atoms with Gasteiger partial charge in [-0.3, -0.25) is 10.1 Å². The lowest BCUT2D eigenvalue weighted by Crippen LogP contribution is -2.35. The molecular formula is C17H24N2O. The lowest BCUT2D eigenvalue weighted by Gasteiger charge is -2.25. The maximum Gasteiger partial charge on any atom is 0.241 e. The molecule has 2 unspecified atom stereocenters. The Morgan fingerprint density at radius 3 is 2.50 bits per heavy atom. The lowest BCUT2D eigenvalue weighted by atomic mass is 10.0. The van der Waals surface area contributed by atoms with E-state index in [-0.39, 0.29) is 18.1 Å². The Morgan fingerprint density at radius 2 is 1.95 bits per heavy atom. The highest BCUT2D eigenvalue weighted by molar-refractivity contribution is 5.85. The van der Waals surface area contributed by atoms with Crippen molar-refractivity contribution in [2.24, 2.45) is 5.92 Å². The third-order valence-electron chi connectivity index (χ3n) is 4.46. The summed E-state index contributed by atoms with van der Waals surface area (Å²) in [5.74, 6) is 0.618. The molecule has 2 aliphatic rings. The van der Waals surface area contributed by atoms with Gasteiger partial charge < -0.3 is 4.90 Å². The third-order valence-corrected chi connectivity index (χ3v) is 4.46. The number of rotatable bonds is 3. The normalized spacial score (nSPS) is 26.6. The van der Waals surface area contributed by atoms with E-state index < -0.39 is 0 Å². The monoisotopic (exact) mass is 272 g/mol. The van der Waals surface area contributed by atoms with Crippen molar-refractivity contribution in [3.05, 3.63) is 34.9 Å². The minimum absolute atomic E-state index is 0.0405. The number of amides is 1. The molecule has 0 aromatic heterocycles. The summed E-state index contributed by atoms with van der Waals surface area (Å²) in [6.45, 7) is 8.48. The van der Waals surface area contributed by atoms with Gasteiger partial charge in [0.1, 0.15) is 6.17 Å². The van der Waals surface area contributed by atoms with Crippen molar-refractivity contribution >= 4 is 5.91 Å². The van der Waals surface area contributed by atoms with Crippen LogP contribution in [0.3, 0.4) is 0 Å². The van der Waals surface area contributed by atoms with Crippen LogP contribution in [0, 0.1) is 19.8 Å². The molecule has 1 aromatic rings. The number of nitrogens with zero attached hydrogens (tertiary/aromatic N) is 1. The molecule has 0 spiro atoms. The number of carbonyl (C=O) groups excluding carboxylic acids is 1. The fraction of sp³-hybridized carbons (Fsp3) is 0.588. The van der Waals surface area contributed by atoms with Crippen molar-refractivity contribution < 1.29 is 4.79 Å². The molecule has 1 saturated heterocycles. The van der Waals surface area contributed by atoms with Gasteiger partial charge in [-0.25, -0.2) is 0 Å². The van der Waals surface area contributed by atoms with Crippen LogP contribution < -0.4 is 5.32 Å². The van der Waals surface area contributed by atoms with Gasteiger partial charge in [-0.05, 0) is 43.7 Å². The van der Waals surface area contributed by atoms with Crippen LogP contribution >= 0.6 is 0 Å². The average molecular weight is 272 g/mol. The van der Waals surface area contributed by atoms with Crippen LogP contribution in [0.1, 0.15) is 49.5 Å². The van der Waals surface area contributed by atoms with Gasteiger partial charge >= 0.3 is 0 Å². The number of hydrogen-bond donors (Lipinski definition) is 1. The summed E-state index contributed by atoms with van der Waals surface area (Å²) in [4.78, 5) is 14.8. The summed E-state index contributed by atoms with van der Waals surface area (Å²) in [7, 11) is 0. The van der Waals surface area contributed by atoms with E-state index in [1.165, 1.54) is 16.7 Å². The molecule has 2 fully saturated rings. The predicted octanol–water partition coefficient (Wildman–Crippen LogP) is 2.92. The molecule has 108 valence electrons. The molecule has 1 aliphatic carbocycles. The number of benzene rings is 1. The quantitative estimate of drug-likeness (QED) is 0.917. The van der Waals surface area contributed by atoms with Crippen molar-refractivity contribution in [3.63, 3.8) is 0 Å². The van der Waals surface area contributed by atoms with Gasteiger partial charge in [0.2, 0.25) is 5.91 Å². The van der Waals surface area contributed by atoms with E-state index in [4.69, 9.17) is 0 Å². The largest absolute Gasteiger partial charge is 0.319 e. The van der Waals surface area contributed by atoms with Gasteiger partial charge in [0.25, 0.3) is 0 Å². The van der Waals surface area contributed by atoms with Crippen LogP contribution in [0.4, 0.5) is 0 Å². The third kappa shape index (κ3) is 2.24. The van der Waals surface area contributed by atoms with Crippen molar-refractivity contribution in [3.8, 4) is 0 Å². The van der Waals surface area contributed by atoms with Gasteiger partial charge in [0, 0.05) is 6.04 Å². The van der Waals surface area contributed by atoms with Crippen molar-refractivity contribution in [1.82, 2.24) is 10.2 Å². The van der Waals surface area contributed by atoms with E-state index in [2.05, 4.69) is 56.1 Å². The molecule has 1 saturated carbocycles. The first-order valence-corrected chi connectivity index (χ1v) is 7.64. The van der Waals surface area contributed by atoms with Gasteiger partial charge in [0.15, 0.2) is 0 Å². The molecule has 3 nitrogen and oxygen atoms in total. The SMILES string of the molecule is Cc1ccc(C2NC(C(C)C)C(=O)N2C2CC2)c(C)c1. The zero-order valence-corrected chi connectivity index (χ0v) is 12.8. The molecule has 20 heavy (non-hydrogen) atoms. The van der Waals surface area contributed by atoms with Crippen molar-refractivity contribution in [1.29, 1.82) is 0 Å². The molecule has 1 N–H and O–H groups in total. The van der Waals surface area contributed by atoms with E-state index in [1.807, 2.05) is 0 Å². The summed E-state index contributed by atoms with van der Waals surface area (Å²) in [6.07, 6.45) is 2.36. The van der Waals surface area contributed by atoms with Crippen LogP contribution in [-0.2, 0) is 4.79 Å². The molecule has 1 amide bonds. The maximum absolute atomic E-state index is 12.7. The fourth-order valence-corrected chi connectivity index (χ4v) is 3.20. The summed E-state index contributed by atoms with van der Waals surface area (Å²) >= 11 is 0. The Hall–Kier alpha value is -1.35. The highest BCUT2D eigenvalue weighted by atomic mass is 16.2. The molecule has 3 heteroatoms. The Bertz CT molecular complexity index is 534. The standard InChI is InChI=1S/C17H24N2O/c1-10(2)15-17(20)19(13-6-7-13)16(18-15)14-8-5-11(3)9-12(14)4/h5,8-10,13,15-16,18H,6-7H2,1-4H3. The average Bonchev–Trinajstić information content (AvgIpc) is 3.13. The summed E-state index contributed by atoms with van der Waals surface area (Å²) in [6, 6.07) is 6.93. The van der Waals surface area contributed by atoms with Gasteiger partial charge in [-0.1, -0.05) is 37.6 Å². The number of aryl methyl sites for hydroxylation is 2. The Kier molecular flexibility index (Phi) is 3.33. The Morgan fingerprint density at radius 1 is 1.25 bits per heavy atom. The lowest BCUT2D eigenvalue weighted by molar-refractivity contribution is -0.131. The molecular weight excluding hydrogens is 248 g/mol. The zero-order valence-electron chi connectivity index (χ0n) is 12.8. The highest BCUT2D eigenvalue weighted by Crippen LogP contribution is 2.39. The van der Waals surface area contributed by atoms with E-state index in [0.717, 1.165) is 12.8 Å². The molecule has 2 atom stereocenters. The second-order valence-corrected chi connectivity index (χ2v) is 6.63. The van der Waals surface area contributed by atoms with Crippen LogP contribution in [0.5, 0.6) is 0 Å². The maximum atomic E-state index is 12.7. The van der Waals surface area contributed by atoms with Crippen molar-refractivity contribution in [2.45, 2.75) is 58.8 Å². The first-order valence-electron chi connectivity index (χ1n) is 7.64. The highest BCUT2D eigenvalue weighted by Gasteiger charge is 2.47. The van der Waals surface area contributed by atoms with Crippen LogP contribution in [0.15, 0.2) is 18.2 Å². The number of nitrogens with one attached hydrogen (secondary N) is 1. The van der Waals surface area contributed by atoms with E-state index in [0.29, 0.717) is 12.0 Å². The van der Waals surface area contributed by atoms with E-state index in [9.17, 15) is 4.79 Å². The summed E-state index contributed by atoms with van der Waals surface area (Å²) < 4.78 is 0. The minimum Gasteiger partial charge on any atom is -0.319 e. The first-order chi connectivity index (χ1) is 9.49. The second kappa shape index (κ2) is 4.88.